The molecule has 5 rings (SSSR count). The van der Waals surface area contributed by atoms with E-state index in [1.54, 1.807) is 11.3 Å². The summed E-state index contributed by atoms with van der Waals surface area (Å²) in [5.41, 5.74) is 2.67. The Hall–Kier alpha value is -2.67. The van der Waals surface area contributed by atoms with Gasteiger partial charge in [-0.05, 0) is 55.4 Å². The number of carbonyl (C=O) groups is 1. The molecule has 0 unspecified atom stereocenters. The average molecular weight is 408 g/mol. The van der Waals surface area contributed by atoms with Crippen molar-refractivity contribution in [3.63, 3.8) is 0 Å². The van der Waals surface area contributed by atoms with Crippen LogP contribution in [0.5, 0.6) is 0 Å². The molecule has 0 spiro atoms. The van der Waals surface area contributed by atoms with Gasteiger partial charge in [0.15, 0.2) is 0 Å². The van der Waals surface area contributed by atoms with Crippen LogP contribution in [0.25, 0.3) is 5.13 Å². The Labute approximate surface area is 174 Å². The maximum Gasteiger partial charge on any atom is 0.225 e. The van der Waals surface area contributed by atoms with Gasteiger partial charge in [-0.3, -0.25) is 9.36 Å². The molecule has 0 saturated carbocycles. The lowest BCUT2D eigenvalue weighted by atomic mass is 9.87. The van der Waals surface area contributed by atoms with Gasteiger partial charge in [-0.2, -0.15) is 0 Å². The first-order valence-electron chi connectivity index (χ1n) is 10.4. The summed E-state index contributed by atoms with van der Waals surface area (Å²) in [6.07, 6.45) is 9.14. The van der Waals surface area contributed by atoms with Gasteiger partial charge in [-0.25, -0.2) is 0 Å². The van der Waals surface area contributed by atoms with Gasteiger partial charge in [0.05, 0.1) is 12.0 Å². The monoisotopic (exact) mass is 407 g/mol. The van der Waals surface area contributed by atoms with Crippen molar-refractivity contribution in [3.05, 3.63) is 59.9 Å². The minimum absolute atomic E-state index is 0.00299. The standard InChI is InChI=1S/C22H25N5OS/c28-20(23-19-11-5-8-16-7-1-2-10-18(16)19)17-9-6-14-27(15-17)22-25-24-21(29-22)26-12-3-4-13-26/h1-4,7,10,12-13,17,19H,5-6,8-9,11,14-15H2,(H,23,28)/t17-,19+/m0/s1. The summed E-state index contributed by atoms with van der Waals surface area (Å²) in [6, 6.07) is 12.6. The Kier molecular flexibility index (Phi) is 5.06. The van der Waals surface area contributed by atoms with Crippen molar-refractivity contribution in [2.24, 2.45) is 5.92 Å². The number of hydrogen-bond donors (Lipinski definition) is 1. The minimum atomic E-state index is -0.00299. The second kappa shape index (κ2) is 7.99. The SMILES string of the molecule is O=C(N[C@@H]1CCCc2ccccc21)[C@H]1CCCN(c2nnc(-n3cccc3)s2)C1. The Morgan fingerprint density at radius 2 is 1.86 bits per heavy atom. The summed E-state index contributed by atoms with van der Waals surface area (Å²) in [5, 5.41) is 13.8. The summed E-state index contributed by atoms with van der Waals surface area (Å²) in [6.45, 7) is 1.64. The predicted molar refractivity (Wildman–Crippen MR) is 114 cm³/mol. The van der Waals surface area contributed by atoms with E-state index in [9.17, 15) is 4.79 Å². The molecule has 0 radical (unpaired) electrons. The van der Waals surface area contributed by atoms with Crippen LogP contribution in [0.15, 0.2) is 48.8 Å². The third-order valence-corrected chi connectivity index (χ3v) is 6.98. The third-order valence-electron chi connectivity index (χ3n) is 5.98. The highest BCUT2D eigenvalue weighted by molar-refractivity contribution is 7.17. The van der Waals surface area contributed by atoms with E-state index >= 15 is 0 Å². The number of hydrogen-bond acceptors (Lipinski definition) is 5. The van der Waals surface area contributed by atoms with Gasteiger partial charge < -0.3 is 10.2 Å². The first-order valence-corrected chi connectivity index (χ1v) is 11.2. The van der Waals surface area contributed by atoms with Crippen LogP contribution in [0.4, 0.5) is 5.13 Å². The first-order chi connectivity index (χ1) is 14.3. The smallest absolute Gasteiger partial charge is 0.225 e. The number of aryl methyl sites for hydroxylation is 1. The zero-order valence-corrected chi connectivity index (χ0v) is 17.1. The van der Waals surface area contributed by atoms with Crippen LogP contribution in [-0.2, 0) is 11.2 Å². The van der Waals surface area contributed by atoms with Gasteiger partial charge in [-0.15, -0.1) is 10.2 Å². The largest absolute Gasteiger partial charge is 0.349 e. The van der Waals surface area contributed by atoms with Crippen LogP contribution in [-0.4, -0.2) is 33.8 Å². The molecule has 1 aliphatic carbocycles. The van der Waals surface area contributed by atoms with Crippen LogP contribution in [0.2, 0.25) is 0 Å². The zero-order chi connectivity index (χ0) is 19.6. The second-order valence-corrected chi connectivity index (χ2v) is 8.83. The Morgan fingerprint density at radius 3 is 2.76 bits per heavy atom. The Morgan fingerprint density at radius 1 is 1.03 bits per heavy atom. The number of piperidine rings is 1. The van der Waals surface area contributed by atoms with E-state index < -0.39 is 0 Å². The highest BCUT2D eigenvalue weighted by Gasteiger charge is 2.30. The van der Waals surface area contributed by atoms with Gasteiger partial charge >= 0.3 is 0 Å². The highest BCUT2D eigenvalue weighted by Crippen LogP contribution is 2.31. The van der Waals surface area contributed by atoms with Gasteiger partial charge in [0.1, 0.15) is 0 Å². The maximum absolute atomic E-state index is 13.1. The summed E-state index contributed by atoms with van der Waals surface area (Å²) >= 11 is 1.57. The fourth-order valence-corrected chi connectivity index (χ4v) is 5.31. The molecule has 7 heteroatoms. The Balaban J connectivity index is 1.26. The molecule has 1 aromatic carbocycles. The number of fused-ring (bicyclic) bond motifs is 1. The van der Waals surface area contributed by atoms with E-state index in [0.29, 0.717) is 6.54 Å². The molecule has 0 bridgehead atoms. The lowest BCUT2D eigenvalue weighted by Gasteiger charge is -2.33. The number of amides is 1. The summed E-state index contributed by atoms with van der Waals surface area (Å²) in [5.74, 6) is 0.170. The molecular formula is C22H25N5OS. The molecule has 29 heavy (non-hydrogen) atoms. The Bertz CT molecular complexity index is 983. The van der Waals surface area contributed by atoms with E-state index in [0.717, 1.165) is 48.9 Å². The number of aromatic nitrogens is 3. The van der Waals surface area contributed by atoms with Crippen molar-refractivity contribution in [1.29, 1.82) is 0 Å². The molecule has 1 fully saturated rings. The third kappa shape index (κ3) is 3.79. The molecule has 1 amide bonds. The molecule has 2 aliphatic rings. The van der Waals surface area contributed by atoms with Crippen molar-refractivity contribution in [3.8, 4) is 5.13 Å². The number of carbonyl (C=O) groups excluding carboxylic acids is 1. The van der Waals surface area contributed by atoms with Crippen molar-refractivity contribution in [2.45, 2.75) is 38.1 Å². The molecule has 2 aromatic heterocycles. The van der Waals surface area contributed by atoms with Crippen molar-refractivity contribution < 1.29 is 4.79 Å². The first kappa shape index (κ1) is 18.4. The fraction of sp³-hybridized carbons (Fsp3) is 0.409. The number of nitrogens with one attached hydrogen (secondary N) is 1. The highest BCUT2D eigenvalue weighted by atomic mass is 32.1. The molecule has 3 heterocycles. The summed E-state index contributed by atoms with van der Waals surface area (Å²) < 4.78 is 1.97. The van der Waals surface area contributed by atoms with Crippen molar-refractivity contribution in [1.82, 2.24) is 20.1 Å². The molecule has 150 valence electrons. The number of anilines is 1. The molecule has 1 N–H and O–H groups in total. The molecule has 1 aliphatic heterocycles. The van der Waals surface area contributed by atoms with Crippen molar-refractivity contribution in [2.75, 3.05) is 18.0 Å². The van der Waals surface area contributed by atoms with E-state index in [-0.39, 0.29) is 17.9 Å². The van der Waals surface area contributed by atoms with E-state index in [1.807, 2.05) is 29.1 Å². The summed E-state index contributed by atoms with van der Waals surface area (Å²) in [4.78, 5) is 15.3. The summed E-state index contributed by atoms with van der Waals surface area (Å²) in [7, 11) is 0. The van der Waals surface area contributed by atoms with Crippen molar-refractivity contribution >= 4 is 22.4 Å². The molecule has 6 nitrogen and oxygen atoms in total. The lowest BCUT2D eigenvalue weighted by molar-refractivity contribution is -0.126. The van der Waals surface area contributed by atoms with Crippen LogP contribution in [0, 0.1) is 5.92 Å². The maximum atomic E-state index is 13.1. The number of nitrogens with zero attached hydrogens (tertiary/aromatic N) is 4. The van der Waals surface area contributed by atoms with Crippen LogP contribution in [0.1, 0.15) is 42.9 Å². The fourth-order valence-electron chi connectivity index (χ4n) is 4.46. The molecule has 3 aromatic rings. The van der Waals surface area contributed by atoms with E-state index in [4.69, 9.17) is 0 Å². The zero-order valence-electron chi connectivity index (χ0n) is 16.3. The lowest BCUT2D eigenvalue weighted by Crippen LogP contribution is -2.44. The average Bonchev–Trinajstić information content (AvgIpc) is 3.46. The normalized spacial score (nSPS) is 21.6. The van der Waals surface area contributed by atoms with Gasteiger partial charge in [0.2, 0.25) is 16.2 Å². The van der Waals surface area contributed by atoms with E-state index in [2.05, 4.69) is 44.7 Å². The van der Waals surface area contributed by atoms with Crippen LogP contribution < -0.4 is 10.2 Å². The number of rotatable bonds is 4. The van der Waals surface area contributed by atoms with Gasteiger partial charge in [-0.1, -0.05) is 35.6 Å². The minimum Gasteiger partial charge on any atom is -0.349 e. The van der Waals surface area contributed by atoms with Crippen LogP contribution in [0.3, 0.4) is 0 Å². The van der Waals surface area contributed by atoms with Gasteiger partial charge in [0, 0.05) is 25.5 Å². The predicted octanol–water partition coefficient (Wildman–Crippen LogP) is 3.74. The van der Waals surface area contributed by atoms with Crippen LogP contribution >= 0.6 is 11.3 Å². The molecule has 2 atom stereocenters. The molecular weight excluding hydrogens is 382 g/mol. The van der Waals surface area contributed by atoms with Gasteiger partial charge in [0.25, 0.3) is 0 Å². The second-order valence-electron chi connectivity index (χ2n) is 7.89. The molecule has 1 saturated heterocycles. The quantitative estimate of drug-likeness (QED) is 0.716. The number of benzene rings is 1. The van der Waals surface area contributed by atoms with E-state index in [1.165, 1.54) is 11.1 Å². The topological polar surface area (TPSA) is 63.1 Å².